The van der Waals surface area contributed by atoms with Gasteiger partial charge in [-0.25, -0.2) is 8.42 Å². The third kappa shape index (κ3) is 3.46. The summed E-state index contributed by atoms with van der Waals surface area (Å²) in [5, 5.41) is 4.24. The molecule has 2 fully saturated rings. The molecule has 3 atom stereocenters. The summed E-state index contributed by atoms with van der Waals surface area (Å²) in [6.45, 7) is 2.87. The van der Waals surface area contributed by atoms with Gasteiger partial charge in [-0.2, -0.15) is 11.3 Å². The Morgan fingerprint density at radius 1 is 1.43 bits per heavy atom. The Balaban J connectivity index is 1.69. The smallest absolute Gasteiger partial charge is 0.239 e. The Labute approximate surface area is 142 Å². The normalized spacial score (nSPS) is 28.8. The van der Waals surface area contributed by atoms with Crippen LogP contribution >= 0.6 is 11.3 Å². The Morgan fingerprint density at radius 2 is 2.22 bits per heavy atom. The largest absolute Gasteiger partial charge is 0.340 e. The molecule has 2 saturated heterocycles. The van der Waals surface area contributed by atoms with Gasteiger partial charge in [-0.1, -0.05) is 0 Å². The van der Waals surface area contributed by atoms with Gasteiger partial charge in [-0.05, 0) is 55.1 Å². The Morgan fingerprint density at radius 3 is 2.83 bits per heavy atom. The molecule has 0 aromatic carbocycles. The summed E-state index contributed by atoms with van der Waals surface area (Å²) in [4.78, 5) is 16.8. The minimum absolute atomic E-state index is 0.0363. The van der Waals surface area contributed by atoms with E-state index in [1.54, 1.807) is 23.3 Å². The molecule has 0 N–H and O–H groups in total. The fourth-order valence-electron chi connectivity index (χ4n) is 3.77. The quantitative estimate of drug-likeness (QED) is 0.827. The minimum Gasteiger partial charge on any atom is -0.340 e. The zero-order valence-electron chi connectivity index (χ0n) is 13.6. The molecule has 1 amide bonds. The molecule has 0 unspecified atom stereocenters. The van der Waals surface area contributed by atoms with E-state index in [0.717, 1.165) is 19.4 Å². The number of likely N-dealkylation sites (tertiary alicyclic amines) is 1. The lowest BCUT2D eigenvalue weighted by molar-refractivity contribution is -0.137. The fraction of sp³-hybridized carbons (Fsp3) is 0.688. The first kappa shape index (κ1) is 16.9. The van der Waals surface area contributed by atoms with E-state index in [9.17, 15) is 13.2 Å². The van der Waals surface area contributed by atoms with Gasteiger partial charge >= 0.3 is 0 Å². The Bertz CT molecular complexity index is 657. The van der Waals surface area contributed by atoms with Crippen molar-refractivity contribution in [2.45, 2.75) is 44.3 Å². The zero-order valence-corrected chi connectivity index (χ0v) is 15.3. The van der Waals surface area contributed by atoms with Crippen LogP contribution in [0.5, 0.6) is 0 Å². The summed E-state index contributed by atoms with van der Waals surface area (Å²) in [5.41, 5.74) is 1.29. The van der Waals surface area contributed by atoms with E-state index in [4.69, 9.17) is 0 Å². The number of thiophene rings is 1. The van der Waals surface area contributed by atoms with Crippen molar-refractivity contribution in [1.29, 1.82) is 0 Å². The van der Waals surface area contributed by atoms with Crippen LogP contribution in [0.15, 0.2) is 16.8 Å². The second-order valence-electron chi connectivity index (χ2n) is 6.63. The van der Waals surface area contributed by atoms with Crippen LogP contribution in [0.3, 0.4) is 0 Å². The fourth-order valence-corrected chi connectivity index (χ4v) is 6.25. The summed E-state index contributed by atoms with van der Waals surface area (Å²) in [6.07, 6.45) is 2.74. The third-order valence-electron chi connectivity index (χ3n) is 5.18. The summed E-state index contributed by atoms with van der Waals surface area (Å²) in [7, 11) is -1.22. The standard InChI is InChI=1S/C16H24N2O3S2/c1-12(16(19)17(2)14-6-9-23(20,21)11-14)18-7-3-4-15(18)13-5-8-22-10-13/h5,8,10,12,14-15H,3-4,6-7,9,11H2,1-2H3/t12-,14+,15+/m1/s1. The molecule has 1 aromatic heterocycles. The van der Waals surface area contributed by atoms with Gasteiger partial charge in [0, 0.05) is 19.1 Å². The van der Waals surface area contributed by atoms with Gasteiger partial charge in [-0.3, -0.25) is 9.69 Å². The number of sulfone groups is 1. The second-order valence-corrected chi connectivity index (χ2v) is 9.64. The van der Waals surface area contributed by atoms with Crippen molar-refractivity contribution in [2.24, 2.45) is 0 Å². The van der Waals surface area contributed by atoms with Gasteiger partial charge in [0.2, 0.25) is 5.91 Å². The van der Waals surface area contributed by atoms with E-state index >= 15 is 0 Å². The molecule has 2 aliphatic heterocycles. The molecule has 3 rings (SSSR count). The van der Waals surface area contributed by atoms with Crippen LogP contribution in [0.4, 0.5) is 0 Å². The first-order valence-electron chi connectivity index (χ1n) is 8.14. The van der Waals surface area contributed by atoms with Crippen molar-refractivity contribution in [1.82, 2.24) is 9.80 Å². The number of likely N-dealkylation sites (N-methyl/N-ethyl adjacent to an activating group) is 1. The number of hydrogen-bond donors (Lipinski definition) is 0. The maximum Gasteiger partial charge on any atom is 0.239 e. The Hall–Kier alpha value is -0.920. The van der Waals surface area contributed by atoms with Crippen molar-refractivity contribution < 1.29 is 13.2 Å². The van der Waals surface area contributed by atoms with E-state index in [2.05, 4.69) is 21.7 Å². The highest BCUT2D eigenvalue weighted by Gasteiger charge is 2.38. The number of nitrogens with zero attached hydrogens (tertiary/aromatic N) is 2. The summed E-state index contributed by atoms with van der Waals surface area (Å²) < 4.78 is 23.3. The first-order chi connectivity index (χ1) is 10.9. The van der Waals surface area contributed by atoms with Crippen molar-refractivity contribution in [3.05, 3.63) is 22.4 Å². The van der Waals surface area contributed by atoms with Crippen LogP contribution in [-0.2, 0) is 14.6 Å². The lowest BCUT2D eigenvalue weighted by atomic mass is 10.1. The van der Waals surface area contributed by atoms with Crippen molar-refractivity contribution in [2.75, 3.05) is 25.1 Å². The number of amides is 1. The molecule has 0 radical (unpaired) electrons. The van der Waals surface area contributed by atoms with Gasteiger partial charge in [-0.15, -0.1) is 0 Å². The molecule has 0 bridgehead atoms. The summed E-state index contributed by atoms with van der Waals surface area (Å²) in [6, 6.07) is 2.06. The van der Waals surface area contributed by atoms with E-state index in [1.807, 2.05) is 6.92 Å². The molecule has 2 aliphatic rings. The van der Waals surface area contributed by atoms with Crippen LogP contribution in [-0.4, -0.2) is 61.3 Å². The molecule has 5 nitrogen and oxygen atoms in total. The number of carbonyl (C=O) groups excluding carboxylic acids is 1. The predicted molar refractivity (Wildman–Crippen MR) is 92.3 cm³/mol. The predicted octanol–water partition coefficient (Wildman–Crippen LogP) is 1.92. The molecule has 23 heavy (non-hydrogen) atoms. The van der Waals surface area contributed by atoms with Gasteiger partial charge in [0.1, 0.15) is 0 Å². The highest BCUT2D eigenvalue weighted by Crippen LogP contribution is 2.35. The van der Waals surface area contributed by atoms with Gasteiger partial charge in [0.25, 0.3) is 0 Å². The molecule has 128 valence electrons. The van der Waals surface area contributed by atoms with Gasteiger partial charge in [0.05, 0.1) is 17.5 Å². The number of carbonyl (C=O) groups is 1. The van der Waals surface area contributed by atoms with Gasteiger partial charge < -0.3 is 4.90 Å². The lowest BCUT2D eigenvalue weighted by Gasteiger charge is -2.34. The second kappa shape index (κ2) is 6.53. The topological polar surface area (TPSA) is 57.7 Å². The average Bonchev–Trinajstić information content (AvgIpc) is 3.23. The molecule has 7 heteroatoms. The Kier molecular flexibility index (Phi) is 4.80. The summed E-state index contributed by atoms with van der Waals surface area (Å²) in [5.74, 6) is 0.343. The number of rotatable bonds is 4. The van der Waals surface area contributed by atoms with Crippen LogP contribution in [0.25, 0.3) is 0 Å². The molecule has 0 saturated carbocycles. The van der Waals surface area contributed by atoms with Crippen LogP contribution in [0.1, 0.15) is 37.8 Å². The summed E-state index contributed by atoms with van der Waals surface area (Å²) >= 11 is 1.69. The number of hydrogen-bond acceptors (Lipinski definition) is 5. The maximum atomic E-state index is 12.8. The van der Waals surface area contributed by atoms with E-state index in [-0.39, 0.29) is 29.5 Å². The molecule has 0 spiro atoms. The van der Waals surface area contributed by atoms with Crippen molar-refractivity contribution >= 4 is 27.1 Å². The van der Waals surface area contributed by atoms with Crippen LogP contribution in [0, 0.1) is 0 Å². The monoisotopic (exact) mass is 356 g/mol. The SMILES string of the molecule is C[C@H](C(=O)N(C)[C@H]1CCS(=O)(=O)C1)N1CCC[C@H]1c1ccsc1. The van der Waals surface area contributed by atoms with Crippen molar-refractivity contribution in [3.8, 4) is 0 Å². The molecule has 1 aromatic rings. The molecular weight excluding hydrogens is 332 g/mol. The van der Waals surface area contributed by atoms with Crippen LogP contribution < -0.4 is 0 Å². The minimum atomic E-state index is -2.97. The maximum absolute atomic E-state index is 12.8. The third-order valence-corrected chi connectivity index (χ3v) is 7.63. The first-order valence-corrected chi connectivity index (χ1v) is 10.9. The zero-order chi connectivity index (χ0) is 16.6. The van der Waals surface area contributed by atoms with E-state index in [1.165, 1.54) is 5.56 Å². The van der Waals surface area contributed by atoms with E-state index in [0.29, 0.717) is 12.5 Å². The van der Waals surface area contributed by atoms with Gasteiger partial charge in [0.15, 0.2) is 9.84 Å². The highest BCUT2D eigenvalue weighted by atomic mass is 32.2. The molecule has 3 heterocycles. The van der Waals surface area contributed by atoms with E-state index < -0.39 is 9.84 Å². The molecular formula is C16H24N2O3S2. The highest BCUT2D eigenvalue weighted by molar-refractivity contribution is 7.91. The molecule has 0 aliphatic carbocycles. The van der Waals surface area contributed by atoms with Crippen LogP contribution in [0.2, 0.25) is 0 Å². The van der Waals surface area contributed by atoms with Crippen molar-refractivity contribution in [3.63, 3.8) is 0 Å². The average molecular weight is 357 g/mol. The lowest BCUT2D eigenvalue weighted by Crippen LogP contribution is -2.49.